The number of ether oxygens (including phenoxy) is 1. The molecular weight excluding hydrogens is 393 g/mol. The van der Waals surface area contributed by atoms with E-state index in [2.05, 4.69) is 32.6 Å². The number of nitrogens with one attached hydrogen (secondary N) is 1. The molecule has 0 saturated carbocycles. The van der Waals surface area contributed by atoms with Crippen LogP contribution in [0.5, 0.6) is 0 Å². The van der Waals surface area contributed by atoms with Crippen molar-refractivity contribution in [3.63, 3.8) is 0 Å². The van der Waals surface area contributed by atoms with Crippen LogP contribution in [0.3, 0.4) is 0 Å². The maximum Gasteiger partial charge on any atom is 0.210 e. The second kappa shape index (κ2) is 5.81. The monoisotopic (exact) mass is 413 g/mol. The van der Waals surface area contributed by atoms with Crippen molar-refractivity contribution >= 4 is 40.0 Å². The first-order valence-electron chi connectivity index (χ1n) is 7.40. The third kappa shape index (κ3) is 3.27. The van der Waals surface area contributed by atoms with Crippen molar-refractivity contribution in [1.82, 2.24) is 14.9 Å². The van der Waals surface area contributed by atoms with Crippen molar-refractivity contribution in [1.29, 1.82) is 0 Å². The average molecular weight is 413 g/mol. The number of carbonyl (C=O) groups excluding carboxylic acids is 1. The van der Waals surface area contributed by atoms with Crippen molar-refractivity contribution in [3.05, 3.63) is 27.6 Å². The van der Waals surface area contributed by atoms with Gasteiger partial charge in [0.1, 0.15) is 5.82 Å². The standard InChI is InChI=1S/C16H20IN3O2/c1-16(2,3)22-11-7-14(20(8-11)9-21)15-18-12-5-4-10(17)6-13(12)19-15/h4-6,9,11,14H,7-8H2,1-3H3,(H,18,19)/t11-,14?/m1/s1. The molecule has 1 saturated heterocycles. The lowest BCUT2D eigenvalue weighted by molar-refractivity contribution is -0.120. The van der Waals surface area contributed by atoms with Crippen LogP contribution in [-0.2, 0) is 9.53 Å². The molecule has 1 aliphatic heterocycles. The first-order valence-corrected chi connectivity index (χ1v) is 8.47. The third-order valence-electron chi connectivity index (χ3n) is 3.74. The molecule has 1 aromatic carbocycles. The average Bonchev–Trinajstić information content (AvgIpc) is 2.99. The molecule has 1 aliphatic rings. The van der Waals surface area contributed by atoms with Crippen LogP contribution in [0.4, 0.5) is 0 Å². The smallest absolute Gasteiger partial charge is 0.210 e. The molecule has 3 rings (SSSR count). The Kier molecular flexibility index (Phi) is 4.15. The minimum absolute atomic E-state index is 0.0450. The van der Waals surface area contributed by atoms with Gasteiger partial charge >= 0.3 is 0 Å². The molecule has 1 aromatic heterocycles. The van der Waals surface area contributed by atoms with E-state index < -0.39 is 0 Å². The molecule has 5 nitrogen and oxygen atoms in total. The molecule has 0 spiro atoms. The van der Waals surface area contributed by atoms with Gasteiger partial charge in [0.25, 0.3) is 0 Å². The van der Waals surface area contributed by atoms with Crippen LogP contribution in [0.15, 0.2) is 18.2 Å². The zero-order valence-electron chi connectivity index (χ0n) is 13.0. The molecule has 1 N–H and O–H groups in total. The second-order valence-corrected chi connectivity index (χ2v) is 7.94. The number of aromatic amines is 1. The molecule has 1 fully saturated rings. The number of carbonyl (C=O) groups is 1. The van der Waals surface area contributed by atoms with Gasteiger partial charge in [-0.3, -0.25) is 4.79 Å². The Morgan fingerprint density at radius 2 is 2.23 bits per heavy atom. The van der Waals surface area contributed by atoms with E-state index in [1.807, 2.05) is 39.0 Å². The highest BCUT2D eigenvalue weighted by molar-refractivity contribution is 14.1. The number of hydrogen-bond donors (Lipinski definition) is 1. The number of fused-ring (bicyclic) bond motifs is 1. The molecule has 2 heterocycles. The molecule has 1 unspecified atom stereocenters. The molecule has 0 bridgehead atoms. The highest BCUT2D eigenvalue weighted by Crippen LogP contribution is 2.33. The molecular formula is C16H20IN3O2. The Morgan fingerprint density at radius 3 is 2.91 bits per heavy atom. The second-order valence-electron chi connectivity index (χ2n) is 6.69. The Hall–Kier alpha value is -1.15. The van der Waals surface area contributed by atoms with Gasteiger partial charge in [-0.05, 0) is 61.6 Å². The lowest BCUT2D eigenvalue weighted by atomic mass is 10.1. The van der Waals surface area contributed by atoms with E-state index in [-0.39, 0.29) is 17.7 Å². The Morgan fingerprint density at radius 1 is 1.45 bits per heavy atom. The molecule has 1 amide bonds. The summed E-state index contributed by atoms with van der Waals surface area (Å²) >= 11 is 2.27. The van der Waals surface area contributed by atoms with Gasteiger partial charge in [-0.1, -0.05) is 0 Å². The van der Waals surface area contributed by atoms with E-state index in [0.29, 0.717) is 6.54 Å². The number of rotatable bonds is 3. The van der Waals surface area contributed by atoms with Gasteiger partial charge in [0.2, 0.25) is 6.41 Å². The van der Waals surface area contributed by atoms with Crippen LogP contribution in [0.2, 0.25) is 0 Å². The number of hydrogen-bond acceptors (Lipinski definition) is 3. The van der Waals surface area contributed by atoms with Crippen LogP contribution in [0, 0.1) is 3.57 Å². The summed E-state index contributed by atoms with van der Waals surface area (Å²) in [6, 6.07) is 6.06. The number of H-pyrrole nitrogens is 1. The Balaban J connectivity index is 1.86. The van der Waals surface area contributed by atoms with E-state index in [1.165, 1.54) is 0 Å². The fraction of sp³-hybridized carbons (Fsp3) is 0.500. The van der Waals surface area contributed by atoms with Crippen molar-refractivity contribution < 1.29 is 9.53 Å². The van der Waals surface area contributed by atoms with Crippen molar-refractivity contribution in [2.24, 2.45) is 0 Å². The Labute approximate surface area is 143 Å². The molecule has 6 heteroatoms. The first-order chi connectivity index (χ1) is 10.4. The maximum atomic E-state index is 11.4. The fourth-order valence-electron chi connectivity index (χ4n) is 2.95. The number of benzene rings is 1. The number of imidazole rings is 1. The maximum absolute atomic E-state index is 11.4. The van der Waals surface area contributed by atoms with Gasteiger partial charge in [-0.15, -0.1) is 0 Å². The van der Waals surface area contributed by atoms with Crippen molar-refractivity contribution in [2.75, 3.05) is 6.54 Å². The van der Waals surface area contributed by atoms with Gasteiger partial charge in [0, 0.05) is 16.5 Å². The number of aromatic nitrogens is 2. The molecule has 2 atom stereocenters. The van der Waals surface area contributed by atoms with Gasteiger partial charge in [0.05, 0.1) is 28.8 Å². The van der Waals surface area contributed by atoms with Crippen LogP contribution < -0.4 is 0 Å². The van der Waals surface area contributed by atoms with Crippen LogP contribution >= 0.6 is 22.6 Å². The van der Waals surface area contributed by atoms with Gasteiger partial charge < -0.3 is 14.6 Å². The predicted octanol–water partition coefficient (Wildman–Crippen LogP) is 3.25. The molecule has 2 aromatic rings. The van der Waals surface area contributed by atoms with Crippen LogP contribution in [-0.4, -0.2) is 39.5 Å². The Bertz CT molecular complexity index is 692. The van der Waals surface area contributed by atoms with Crippen molar-refractivity contribution in [2.45, 2.75) is 44.9 Å². The number of likely N-dealkylation sites (tertiary alicyclic amines) is 1. The SMILES string of the molecule is CC(C)(C)O[C@@H]1CC(c2nc3cc(I)ccc3[nH]2)N(C=O)C1. The zero-order valence-corrected chi connectivity index (χ0v) is 15.1. The lowest BCUT2D eigenvalue weighted by Crippen LogP contribution is -2.30. The zero-order chi connectivity index (χ0) is 15.9. The largest absolute Gasteiger partial charge is 0.371 e. The first kappa shape index (κ1) is 15.7. The number of amides is 1. The van der Waals surface area contributed by atoms with E-state index in [9.17, 15) is 4.79 Å². The van der Waals surface area contributed by atoms with Gasteiger partial charge in [-0.25, -0.2) is 4.98 Å². The van der Waals surface area contributed by atoms with E-state index in [1.54, 1.807) is 4.90 Å². The summed E-state index contributed by atoms with van der Waals surface area (Å²) in [7, 11) is 0. The minimum Gasteiger partial charge on any atom is -0.371 e. The summed E-state index contributed by atoms with van der Waals surface area (Å²) in [5.41, 5.74) is 1.73. The normalized spacial score (nSPS) is 22.5. The summed E-state index contributed by atoms with van der Waals surface area (Å²) < 4.78 is 7.18. The minimum atomic E-state index is -0.210. The predicted molar refractivity (Wildman–Crippen MR) is 93.6 cm³/mol. The van der Waals surface area contributed by atoms with Crippen LogP contribution in [0.25, 0.3) is 11.0 Å². The fourth-order valence-corrected chi connectivity index (χ4v) is 3.42. The molecule has 0 aliphatic carbocycles. The lowest BCUT2D eigenvalue weighted by Gasteiger charge is -2.24. The summed E-state index contributed by atoms with van der Waals surface area (Å²) in [4.78, 5) is 21.2. The number of nitrogens with zero attached hydrogens (tertiary/aromatic N) is 2. The topological polar surface area (TPSA) is 58.2 Å². The highest BCUT2D eigenvalue weighted by Gasteiger charge is 2.36. The van der Waals surface area contributed by atoms with E-state index in [4.69, 9.17) is 4.74 Å². The summed E-state index contributed by atoms with van der Waals surface area (Å²) in [6.45, 7) is 6.72. The van der Waals surface area contributed by atoms with E-state index >= 15 is 0 Å². The summed E-state index contributed by atoms with van der Waals surface area (Å²) in [5, 5.41) is 0. The highest BCUT2D eigenvalue weighted by atomic mass is 127. The van der Waals surface area contributed by atoms with E-state index in [0.717, 1.165) is 33.3 Å². The summed E-state index contributed by atoms with van der Waals surface area (Å²) in [5.74, 6) is 0.837. The van der Waals surface area contributed by atoms with Gasteiger partial charge in [-0.2, -0.15) is 0 Å². The quantitative estimate of drug-likeness (QED) is 0.621. The third-order valence-corrected chi connectivity index (χ3v) is 4.41. The molecule has 118 valence electrons. The summed E-state index contributed by atoms with van der Waals surface area (Å²) in [6.07, 6.45) is 1.71. The van der Waals surface area contributed by atoms with Gasteiger partial charge in [0.15, 0.2) is 0 Å². The molecule has 22 heavy (non-hydrogen) atoms. The van der Waals surface area contributed by atoms with Crippen molar-refractivity contribution in [3.8, 4) is 0 Å². The molecule has 0 radical (unpaired) electrons. The van der Waals surface area contributed by atoms with Crippen LogP contribution in [0.1, 0.15) is 39.1 Å². The number of halogens is 1.